The molecule has 3 heterocycles. The highest BCUT2D eigenvalue weighted by molar-refractivity contribution is 7.98. The summed E-state index contributed by atoms with van der Waals surface area (Å²) in [5.41, 5.74) is 0.825. The van der Waals surface area contributed by atoms with Gasteiger partial charge in [-0.25, -0.2) is 14.6 Å². The van der Waals surface area contributed by atoms with Gasteiger partial charge in [0.05, 0.1) is 18.1 Å². The molecule has 0 spiro atoms. The molecule has 1 amide bonds. The van der Waals surface area contributed by atoms with Gasteiger partial charge in [0.15, 0.2) is 10.8 Å². The minimum absolute atomic E-state index is 0.0418. The van der Waals surface area contributed by atoms with E-state index in [1.807, 2.05) is 17.1 Å². The highest BCUT2D eigenvalue weighted by atomic mass is 35.5. The fourth-order valence-corrected chi connectivity index (χ4v) is 3.53. The van der Waals surface area contributed by atoms with E-state index < -0.39 is 0 Å². The van der Waals surface area contributed by atoms with E-state index in [1.165, 1.54) is 31.0 Å². The molecule has 25 heavy (non-hydrogen) atoms. The molecule has 9 heteroatoms. The van der Waals surface area contributed by atoms with E-state index in [-0.39, 0.29) is 5.91 Å². The highest BCUT2D eigenvalue weighted by Crippen LogP contribution is 2.28. The van der Waals surface area contributed by atoms with E-state index in [4.69, 9.17) is 16.6 Å². The minimum atomic E-state index is -0.0418. The van der Waals surface area contributed by atoms with Gasteiger partial charge in [0.25, 0.3) is 0 Å². The fraction of sp³-hybridized carbons (Fsp3) is 0.625. The van der Waals surface area contributed by atoms with Gasteiger partial charge < -0.3 is 10.2 Å². The average Bonchev–Trinajstić information content (AvgIpc) is 3.05. The van der Waals surface area contributed by atoms with Crippen molar-refractivity contribution in [3.8, 4) is 0 Å². The molecule has 136 valence electrons. The molecule has 1 aliphatic heterocycles. The van der Waals surface area contributed by atoms with Crippen LogP contribution in [0.15, 0.2) is 11.4 Å². The van der Waals surface area contributed by atoms with Gasteiger partial charge in [0, 0.05) is 31.9 Å². The first-order chi connectivity index (χ1) is 12.2. The Bertz CT molecular complexity index is 731. The number of nitrogens with one attached hydrogen (secondary N) is 1. The number of carbonyl (C=O) groups excluding carboxylic acids is 1. The lowest BCUT2D eigenvalue weighted by Crippen LogP contribution is -2.30. The van der Waals surface area contributed by atoms with Crippen molar-refractivity contribution in [3.63, 3.8) is 0 Å². The molecule has 0 saturated carbocycles. The van der Waals surface area contributed by atoms with Crippen LogP contribution in [0.3, 0.4) is 0 Å². The predicted octanol–water partition coefficient (Wildman–Crippen LogP) is 2.28. The molecule has 0 radical (unpaired) electrons. The summed E-state index contributed by atoms with van der Waals surface area (Å²) < 4.78 is 1.84. The molecule has 0 aromatic carbocycles. The van der Waals surface area contributed by atoms with Crippen molar-refractivity contribution in [1.82, 2.24) is 25.1 Å². The molecule has 0 unspecified atom stereocenters. The lowest BCUT2D eigenvalue weighted by Gasteiger charge is -2.28. The van der Waals surface area contributed by atoms with E-state index in [9.17, 15) is 4.79 Å². The zero-order valence-corrected chi connectivity index (χ0v) is 15.9. The van der Waals surface area contributed by atoms with Crippen molar-refractivity contribution in [2.45, 2.75) is 37.4 Å². The third-order valence-corrected chi connectivity index (χ3v) is 5.00. The normalized spacial score (nSPS) is 14.9. The summed E-state index contributed by atoms with van der Waals surface area (Å²) in [4.78, 5) is 23.2. The Morgan fingerprint density at radius 1 is 1.32 bits per heavy atom. The number of hydrogen-bond donors (Lipinski definition) is 1. The molecule has 7 nitrogen and oxygen atoms in total. The Kier molecular flexibility index (Phi) is 6.36. The summed E-state index contributed by atoms with van der Waals surface area (Å²) in [6.45, 7) is 3.13. The maximum Gasteiger partial charge on any atom is 0.221 e. The van der Waals surface area contributed by atoms with Crippen molar-refractivity contribution < 1.29 is 4.79 Å². The van der Waals surface area contributed by atoms with E-state index >= 15 is 0 Å². The summed E-state index contributed by atoms with van der Waals surface area (Å²) in [7, 11) is 0. The van der Waals surface area contributed by atoms with Crippen molar-refractivity contribution in [2.24, 2.45) is 0 Å². The van der Waals surface area contributed by atoms with Crippen LogP contribution >= 0.6 is 23.4 Å². The number of anilines is 1. The average molecular weight is 383 g/mol. The first kappa shape index (κ1) is 18.3. The van der Waals surface area contributed by atoms with Gasteiger partial charge in [-0.1, -0.05) is 11.8 Å². The molecule has 2 aromatic heterocycles. The van der Waals surface area contributed by atoms with Crippen LogP contribution in [0.25, 0.3) is 11.0 Å². The van der Waals surface area contributed by atoms with Crippen LogP contribution in [0, 0.1) is 0 Å². The second kappa shape index (κ2) is 8.71. The van der Waals surface area contributed by atoms with Crippen LogP contribution in [-0.2, 0) is 11.3 Å². The van der Waals surface area contributed by atoms with Crippen molar-refractivity contribution in [3.05, 3.63) is 6.20 Å². The summed E-state index contributed by atoms with van der Waals surface area (Å²) in [5, 5.41) is 9.05. The van der Waals surface area contributed by atoms with E-state index in [2.05, 4.69) is 20.3 Å². The van der Waals surface area contributed by atoms with Crippen molar-refractivity contribution in [2.75, 3.05) is 36.7 Å². The SMILES string of the molecule is CSc1nc(N2CCCCC2)c2cnn(CCNC(=O)CCCl)c2n1. The predicted molar refractivity (Wildman–Crippen MR) is 102 cm³/mol. The maximum absolute atomic E-state index is 11.5. The molecule has 0 bridgehead atoms. The summed E-state index contributed by atoms with van der Waals surface area (Å²) >= 11 is 7.11. The first-order valence-corrected chi connectivity index (χ1v) is 10.3. The number of carbonyl (C=O) groups is 1. The second-order valence-electron chi connectivity index (χ2n) is 5.98. The Hall–Kier alpha value is -1.54. The Morgan fingerprint density at radius 2 is 2.12 bits per heavy atom. The molecule has 0 atom stereocenters. The van der Waals surface area contributed by atoms with Crippen LogP contribution in [-0.4, -0.2) is 57.4 Å². The Balaban J connectivity index is 1.82. The number of aromatic nitrogens is 4. The van der Waals surface area contributed by atoms with E-state index in [0.717, 1.165) is 35.1 Å². The van der Waals surface area contributed by atoms with Crippen LogP contribution in [0.5, 0.6) is 0 Å². The summed E-state index contributed by atoms with van der Waals surface area (Å²) in [5.74, 6) is 1.27. The minimum Gasteiger partial charge on any atom is -0.356 e. The number of piperidine rings is 1. The van der Waals surface area contributed by atoms with Gasteiger partial charge in [0.1, 0.15) is 5.82 Å². The lowest BCUT2D eigenvalue weighted by molar-refractivity contribution is -0.120. The topological polar surface area (TPSA) is 75.9 Å². The zero-order chi connectivity index (χ0) is 17.6. The molecule has 0 aliphatic carbocycles. The summed E-state index contributed by atoms with van der Waals surface area (Å²) in [6, 6.07) is 0. The van der Waals surface area contributed by atoms with Crippen molar-refractivity contribution >= 4 is 46.1 Å². The molecule has 1 aliphatic rings. The molecule has 1 fully saturated rings. The Labute approximate surface area is 156 Å². The summed E-state index contributed by atoms with van der Waals surface area (Å²) in [6.07, 6.45) is 7.82. The van der Waals surface area contributed by atoms with Gasteiger partial charge in [-0.15, -0.1) is 11.6 Å². The number of amides is 1. The maximum atomic E-state index is 11.5. The van der Waals surface area contributed by atoms with Crippen LogP contribution in [0.2, 0.25) is 0 Å². The number of thioether (sulfide) groups is 1. The van der Waals surface area contributed by atoms with Crippen LogP contribution in [0.1, 0.15) is 25.7 Å². The smallest absolute Gasteiger partial charge is 0.221 e. The third kappa shape index (κ3) is 4.36. The monoisotopic (exact) mass is 382 g/mol. The molecule has 3 rings (SSSR count). The number of rotatable bonds is 7. The van der Waals surface area contributed by atoms with Gasteiger partial charge >= 0.3 is 0 Å². The molecule has 1 N–H and O–H groups in total. The van der Waals surface area contributed by atoms with Gasteiger partial charge in [-0.3, -0.25) is 4.79 Å². The number of hydrogen-bond acceptors (Lipinski definition) is 6. The standard InChI is InChI=1S/C16H23ClN6OS/c1-25-16-20-14(22-8-3-2-4-9-22)12-11-19-23(15(12)21-16)10-7-18-13(24)5-6-17/h11H,2-10H2,1H3,(H,18,24). The Morgan fingerprint density at radius 3 is 2.84 bits per heavy atom. The van der Waals surface area contributed by atoms with Crippen LogP contribution in [0.4, 0.5) is 5.82 Å². The highest BCUT2D eigenvalue weighted by Gasteiger charge is 2.19. The number of alkyl halides is 1. The second-order valence-corrected chi connectivity index (χ2v) is 7.13. The quantitative estimate of drug-likeness (QED) is 0.450. The molecular weight excluding hydrogens is 360 g/mol. The molecule has 1 saturated heterocycles. The van der Waals surface area contributed by atoms with E-state index in [0.29, 0.717) is 25.4 Å². The zero-order valence-electron chi connectivity index (χ0n) is 14.4. The lowest BCUT2D eigenvalue weighted by atomic mass is 10.1. The van der Waals surface area contributed by atoms with Gasteiger partial charge in [0.2, 0.25) is 5.91 Å². The molecule has 2 aromatic rings. The van der Waals surface area contributed by atoms with Crippen LogP contribution < -0.4 is 10.2 Å². The van der Waals surface area contributed by atoms with Gasteiger partial charge in [-0.05, 0) is 25.5 Å². The number of nitrogens with zero attached hydrogens (tertiary/aromatic N) is 5. The first-order valence-electron chi connectivity index (χ1n) is 8.58. The fourth-order valence-electron chi connectivity index (χ4n) is 3.00. The van der Waals surface area contributed by atoms with Gasteiger partial charge in [-0.2, -0.15) is 5.10 Å². The number of fused-ring (bicyclic) bond motifs is 1. The third-order valence-electron chi connectivity index (χ3n) is 4.26. The number of halogens is 1. The molecular formula is C16H23ClN6OS. The largest absolute Gasteiger partial charge is 0.356 e. The van der Waals surface area contributed by atoms with E-state index in [1.54, 1.807) is 0 Å². The van der Waals surface area contributed by atoms with Crippen molar-refractivity contribution in [1.29, 1.82) is 0 Å².